The van der Waals surface area contributed by atoms with Crippen LogP contribution in [0.2, 0.25) is 0 Å². The van der Waals surface area contributed by atoms with Crippen molar-refractivity contribution in [3.8, 4) is 11.3 Å². The quantitative estimate of drug-likeness (QED) is 0.545. The molecule has 0 radical (unpaired) electrons. The van der Waals surface area contributed by atoms with E-state index in [1.807, 2.05) is 48.5 Å². The molecule has 1 heterocycles. The maximum Gasteiger partial charge on any atom is 0.256 e. The molecule has 0 spiro atoms. The van der Waals surface area contributed by atoms with Crippen LogP contribution in [0.25, 0.3) is 11.3 Å². The number of benzene rings is 2. The van der Waals surface area contributed by atoms with Crippen LogP contribution in [0, 0.1) is 0 Å². The van der Waals surface area contributed by atoms with Crippen molar-refractivity contribution in [3.05, 3.63) is 81.6 Å². The molecule has 2 aromatic carbocycles. The predicted octanol–water partition coefficient (Wildman–Crippen LogP) is 4.11. The molecule has 1 unspecified atom stereocenters. The summed E-state index contributed by atoms with van der Waals surface area (Å²) in [6, 6.07) is 17.9. The van der Waals surface area contributed by atoms with Crippen LogP contribution in [0.5, 0.6) is 0 Å². The molecule has 0 saturated heterocycles. The minimum atomic E-state index is -0.226. The first-order valence-corrected chi connectivity index (χ1v) is 9.18. The highest BCUT2D eigenvalue weighted by molar-refractivity contribution is 5.80. The second-order valence-electron chi connectivity index (χ2n) is 7.17. The number of nitrogens with one attached hydrogen (secondary N) is 2. The molecule has 0 bridgehead atoms. The Balaban J connectivity index is 1.75. The molecule has 1 aliphatic carbocycles. The van der Waals surface area contributed by atoms with E-state index in [9.17, 15) is 4.79 Å². The number of H-pyrrole nitrogens is 1. The van der Waals surface area contributed by atoms with E-state index in [1.54, 1.807) is 6.21 Å². The van der Waals surface area contributed by atoms with Gasteiger partial charge in [-0.1, -0.05) is 68.4 Å². The third-order valence-electron chi connectivity index (χ3n) is 5.34. The molecule has 1 aromatic heterocycles. The molecular formula is C22H22N4O. The lowest BCUT2D eigenvalue weighted by molar-refractivity contribution is 0.441. The summed E-state index contributed by atoms with van der Waals surface area (Å²) in [5.41, 5.74) is 7.28. The summed E-state index contributed by atoms with van der Waals surface area (Å²) in [7, 11) is 0. The van der Waals surface area contributed by atoms with Crippen LogP contribution in [-0.4, -0.2) is 16.2 Å². The topological polar surface area (TPSA) is 70.1 Å². The first kappa shape index (κ1) is 17.2. The molecule has 5 heteroatoms. The fourth-order valence-corrected chi connectivity index (χ4v) is 3.70. The van der Waals surface area contributed by atoms with Crippen LogP contribution in [0.3, 0.4) is 0 Å². The molecule has 0 saturated carbocycles. The standard InChI is InChI=1S/C22H22N4O/c1-3-22(2)13-16-11-7-8-12-17(16)19-18(22)20(27)25-21(24-19)26-23-14-15-9-5-4-6-10-15/h4-12,14H,3,13H2,1-2H3,(H2,24,25,26,27)/b23-14+. The van der Waals surface area contributed by atoms with Crippen LogP contribution in [-0.2, 0) is 11.8 Å². The van der Waals surface area contributed by atoms with E-state index in [0.29, 0.717) is 5.95 Å². The van der Waals surface area contributed by atoms with Gasteiger partial charge in [0.1, 0.15) is 0 Å². The molecule has 27 heavy (non-hydrogen) atoms. The number of aromatic nitrogens is 2. The number of hydrogen-bond donors (Lipinski definition) is 2. The van der Waals surface area contributed by atoms with Crippen molar-refractivity contribution in [1.29, 1.82) is 0 Å². The van der Waals surface area contributed by atoms with Gasteiger partial charge >= 0.3 is 0 Å². The Hall–Kier alpha value is -3.21. The lowest BCUT2D eigenvalue weighted by Gasteiger charge is -2.34. The van der Waals surface area contributed by atoms with Crippen molar-refractivity contribution in [2.24, 2.45) is 5.10 Å². The molecule has 136 valence electrons. The first-order valence-electron chi connectivity index (χ1n) is 9.18. The zero-order valence-corrected chi connectivity index (χ0v) is 15.5. The highest BCUT2D eigenvalue weighted by atomic mass is 16.1. The Labute approximate surface area is 158 Å². The average molecular weight is 358 g/mol. The number of aromatic amines is 1. The monoisotopic (exact) mass is 358 g/mol. The summed E-state index contributed by atoms with van der Waals surface area (Å²) in [5.74, 6) is 0.348. The van der Waals surface area contributed by atoms with Gasteiger partial charge in [0.2, 0.25) is 5.95 Å². The van der Waals surface area contributed by atoms with Crippen LogP contribution in [0.15, 0.2) is 64.5 Å². The van der Waals surface area contributed by atoms with Gasteiger partial charge in [-0.2, -0.15) is 5.10 Å². The number of hydrogen-bond acceptors (Lipinski definition) is 4. The highest BCUT2D eigenvalue weighted by Gasteiger charge is 2.37. The van der Waals surface area contributed by atoms with E-state index in [-0.39, 0.29) is 11.0 Å². The van der Waals surface area contributed by atoms with E-state index < -0.39 is 0 Å². The maximum atomic E-state index is 12.9. The van der Waals surface area contributed by atoms with Crippen molar-refractivity contribution in [3.63, 3.8) is 0 Å². The second-order valence-corrected chi connectivity index (χ2v) is 7.17. The smallest absolute Gasteiger partial charge is 0.256 e. The number of fused-ring (bicyclic) bond motifs is 3. The zero-order chi connectivity index (χ0) is 18.9. The third-order valence-corrected chi connectivity index (χ3v) is 5.34. The van der Waals surface area contributed by atoms with Crippen LogP contribution < -0.4 is 11.0 Å². The number of rotatable bonds is 4. The van der Waals surface area contributed by atoms with Gasteiger partial charge in [-0.25, -0.2) is 10.4 Å². The van der Waals surface area contributed by atoms with E-state index in [0.717, 1.165) is 35.2 Å². The Morgan fingerprint density at radius 1 is 1.19 bits per heavy atom. The Bertz CT molecular complexity index is 1060. The molecule has 2 N–H and O–H groups in total. The van der Waals surface area contributed by atoms with Gasteiger partial charge < -0.3 is 0 Å². The van der Waals surface area contributed by atoms with Gasteiger partial charge in [-0.05, 0) is 24.0 Å². The van der Waals surface area contributed by atoms with Crippen LogP contribution in [0.4, 0.5) is 5.95 Å². The SMILES string of the molecule is CCC1(C)Cc2ccccc2-c2nc(N/N=C/c3ccccc3)[nH]c(=O)c21. The molecule has 4 rings (SSSR count). The normalized spacial score (nSPS) is 18.1. The summed E-state index contributed by atoms with van der Waals surface area (Å²) in [4.78, 5) is 20.5. The summed E-state index contributed by atoms with van der Waals surface area (Å²) >= 11 is 0. The Morgan fingerprint density at radius 2 is 1.93 bits per heavy atom. The molecular weight excluding hydrogens is 336 g/mol. The third kappa shape index (κ3) is 3.16. The van der Waals surface area contributed by atoms with E-state index in [2.05, 4.69) is 35.4 Å². The van der Waals surface area contributed by atoms with Gasteiger partial charge in [-0.3, -0.25) is 9.78 Å². The van der Waals surface area contributed by atoms with Gasteiger partial charge in [0.05, 0.1) is 11.9 Å². The van der Waals surface area contributed by atoms with Crippen molar-refractivity contribution in [2.75, 3.05) is 5.43 Å². The Morgan fingerprint density at radius 3 is 2.70 bits per heavy atom. The summed E-state index contributed by atoms with van der Waals surface area (Å²) in [6.07, 6.45) is 3.41. The molecule has 0 aliphatic heterocycles. The van der Waals surface area contributed by atoms with Crippen molar-refractivity contribution in [1.82, 2.24) is 9.97 Å². The summed E-state index contributed by atoms with van der Waals surface area (Å²) < 4.78 is 0. The van der Waals surface area contributed by atoms with Gasteiger partial charge in [0.25, 0.3) is 5.56 Å². The zero-order valence-electron chi connectivity index (χ0n) is 15.5. The van der Waals surface area contributed by atoms with Crippen LogP contribution >= 0.6 is 0 Å². The predicted molar refractivity (Wildman–Crippen MR) is 109 cm³/mol. The fourth-order valence-electron chi connectivity index (χ4n) is 3.70. The molecule has 1 aliphatic rings. The highest BCUT2D eigenvalue weighted by Crippen LogP contribution is 2.42. The minimum Gasteiger partial charge on any atom is -0.291 e. The molecule has 0 amide bonds. The largest absolute Gasteiger partial charge is 0.291 e. The Kier molecular flexibility index (Phi) is 4.36. The van der Waals surface area contributed by atoms with Crippen molar-refractivity contribution < 1.29 is 0 Å². The second kappa shape index (κ2) is 6.83. The van der Waals surface area contributed by atoms with Crippen LogP contribution in [0.1, 0.15) is 37.0 Å². The number of hydrazone groups is 1. The number of nitrogens with zero attached hydrogens (tertiary/aromatic N) is 2. The van der Waals surface area contributed by atoms with E-state index in [1.165, 1.54) is 5.56 Å². The van der Waals surface area contributed by atoms with Crippen molar-refractivity contribution >= 4 is 12.2 Å². The van der Waals surface area contributed by atoms with Gasteiger partial charge in [0, 0.05) is 16.5 Å². The minimum absolute atomic E-state index is 0.101. The lowest BCUT2D eigenvalue weighted by atomic mass is 9.69. The first-order chi connectivity index (χ1) is 13.1. The molecule has 1 atom stereocenters. The molecule has 0 fully saturated rings. The summed E-state index contributed by atoms with van der Waals surface area (Å²) in [5, 5.41) is 4.21. The molecule has 3 aromatic rings. The average Bonchev–Trinajstić information content (AvgIpc) is 2.68. The summed E-state index contributed by atoms with van der Waals surface area (Å²) in [6.45, 7) is 4.26. The maximum absolute atomic E-state index is 12.9. The van der Waals surface area contributed by atoms with Crippen molar-refractivity contribution in [2.45, 2.75) is 32.1 Å². The fraction of sp³-hybridized carbons (Fsp3) is 0.227. The molecule has 5 nitrogen and oxygen atoms in total. The van der Waals surface area contributed by atoms with E-state index >= 15 is 0 Å². The van der Waals surface area contributed by atoms with Gasteiger partial charge in [0.15, 0.2) is 0 Å². The van der Waals surface area contributed by atoms with Gasteiger partial charge in [-0.15, -0.1) is 0 Å². The number of anilines is 1. The lowest BCUT2D eigenvalue weighted by Crippen LogP contribution is -2.36. The van der Waals surface area contributed by atoms with E-state index in [4.69, 9.17) is 4.98 Å².